The Labute approximate surface area is 127 Å². The molecule has 2 heterocycles. The lowest BCUT2D eigenvalue weighted by atomic mass is 10.2. The predicted molar refractivity (Wildman–Crippen MR) is 84.8 cm³/mol. The summed E-state index contributed by atoms with van der Waals surface area (Å²) >= 11 is 1.75. The van der Waals surface area contributed by atoms with Crippen LogP contribution in [0.2, 0.25) is 0 Å². The number of benzene rings is 1. The van der Waals surface area contributed by atoms with Crippen molar-refractivity contribution in [3.05, 3.63) is 46.1 Å². The third kappa shape index (κ3) is 3.09. The Bertz CT molecular complexity index is 733. The highest BCUT2D eigenvalue weighted by Crippen LogP contribution is 2.28. The molecule has 0 amide bonds. The minimum absolute atomic E-state index is 0.679. The van der Waals surface area contributed by atoms with E-state index < -0.39 is 0 Å². The van der Waals surface area contributed by atoms with Gasteiger partial charge in [0.05, 0.1) is 13.7 Å². The molecule has 110 valence electrons. The Morgan fingerprint density at radius 3 is 3.00 bits per heavy atom. The molecule has 2 aromatic heterocycles. The minimum Gasteiger partial charge on any atom is -0.493 e. The summed E-state index contributed by atoms with van der Waals surface area (Å²) in [4.78, 5) is 5.71. The van der Waals surface area contributed by atoms with E-state index >= 15 is 0 Å². The average Bonchev–Trinajstić information content (AvgIpc) is 3.12. The van der Waals surface area contributed by atoms with E-state index in [1.165, 1.54) is 4.88 Å². The summed E-state index contributed by atoms with van der Waals surface area (Å²) in [6.45, 7) is 3.59. The number of nitrogens with one attached hydrogen (secondary N) is 1. The molecule has 0 saturated heterocycles. The zero-order valence-corrected chi connectivity index (χ0v) is 13.0. The SMILES string of the molecule is CCc1cnc(CNCc2cc3cccc(OC)c3o2)s1. The van der Waals surface area contributed by atoms with Crippen LogP contribution in [0.3, 0.4) is 0 Å². The van der Waals surface area contributed by atoms with Crippen LogP contribution < -0.4 is 10.1 Å². The number of nitrogens with zero attached hydrogens (tertiary/aromatic N) is 1. The number of para-hydroxylation sites is 1. The summed E-state index contributed by atoms with van der Waals surface area (Å²) < 4.78 is 11.2. The van der Waals surface area contributed by atoms with Crippen molar-refractivity contribution in [2.45, 2.75) is 26.4 Å². The van der Waals surface area contributed by atoms with E-state index in [1.807, 2.05) is 30.5 Å². The van der Waals surface area contributed by atoms with Crippen LogP contribution in [-0.4, -0.2) is 12.1 Å². The molecule has 4 nitrogen and oxygen atoms in total. The number of aromatic nitrogens is 1. The van der Waals surface area contributed by atoms with Crippen LogP contribution in [0.1, 0.15) is 22.6 Å². The van der Waals surface area contributed by atoms with Gasteiger partial charge in [-0.05, 0) is 18.6 Å². The summed E-state index contributed by atoms with van der Waals surface area (Å²) in [7, 11) is 1.66. The molecule has 3 aromatic rings. The zero-order valence-electron chi connectivity index (χ0n) is 12.2. The van der Waals surface area contributed by atoms with Gasteiger partial charge in [-0.2, -0.15) is 0 Å². The van der Waals surface area contributed by atoms with Crippen LogP contribution in [-0.2, 0) is 19.5 Å². The van der Waals surface area contributed by atoms with E-state index in [4.69, 9.17) is 9.15 Å². The second-order valence-corrected chi connectivity index (χ2v) is 5.97. The topological polar surface area (TPSA) is 47.3 Å². The largest absolute Gasteiger partial charge is 0.493 e. The Hall–Kier alpha value is -1.85. The van der Waals surface area contributed by atoms with Gasteiger partial charge in [-0.25, -0.2) is 4.98 Å². The molecule has 0 atom stereocenters. The van der Waals surface area contributed by atoms with Gasteiger partial charge in [-0.15, -0.1) is 11.3 Å². The molecule has 0 saturated carbocycles. The third-order valence-electron chi connectivity index (χ3n) is 3.30. The van der Waals surface area contributed by atoms with E-state index in [2.05, 4.69) is 17.2 Å². The molecule has 5 heteroatoms. The molecule has 1 N–H and O–H groups in total. The predicted octanol–water partition coefficient (Wildman–Crippen LogP) is 3.75. The number of furan rings is 1. The van der Waals surface area contributed by atoms with Crippen LogP contribution in [0.5, 0.6) is 5.75 Å². The Kier molecular flexibility index (Phi) is 4.22. The van der Waals surface area contributed by atoms with Crippen LogP contribution in [0, 0.1) is 0 Å². The van der Waals surface area contributed by atoms with Gasteiger partial charge < -0.3 is 14.5 Å². The smallest absolute Gasteiger partial charge is 0.176 e. The molecule has 0 aliphatic rings. The molecule has 3 rings (SSSR count). The monoisotopic (exact) mass is 302 g/mol. The van der Waals surface area contributed by atoms with Crippen molar-refractivity contribution < 1.29 is 9.15 Å². The lowest BCUT2D eigenvalue weighted by Gasteiger charge is -2.00. The Morgan fingerprint density at radius 1 is 1.33 bits per heavy atom. The molecule has 0 unspecified atom stereocenters. The molecule has 1 aromatic carbocycles. The summed E-state index contributed by atoms with van der Waals surface area (Å²) in [5.41, 5.74) is 0.805. The highest BCUT2D eigenvalue weighted by molar-refractivity contribution is 7.11. The average molecular weight is 302 g/mol. The second-order valence-electron chi connectivity index (χ2n) is 4.77. The maximum absolute atomic E-state index is 5.85. The fraction of sp³-hybridized carbons (Fsp3) is 0.312. The first kappa shape index (κ1) is 14.1. The van der Waals surface area contributed by atoms with E-state index in [0.29, 0.717) is 6.54 Å². The molecule has 0 radical (unpaired) electrons. The maximum atomic E-state index is 5.85. The number of hydrogen-bond acceptors (Lipinski definition) is 5. The Morgan fingerprint density at radius 2 is 2.24 bits per heavy atom. The number of thiazole rings is 1. The van der Waals surface area contributed by atoms with Crippen molar-refractivity contribution in [2.75, 3.05) is 7.11 Å². The number of aryl methyl sites for hydroxylation is 1. The first-order chi connectivity index (χ1) is 10.3. The molecule has 0 aliphatic carbocycles. The second kappa shape index (κ2) is 6.28. The lowest BCUT2D eigenvalue weighted by molar-refractivity contribution is 0.406. The quantitative estimate of drug-likeness (QED) is 0.753. The first-order valence-electron chi connectivity index (χ1n) is 7.00. The van der Waals surface area contributed by atoms with Crippen molar-refractivity contribution in [3.8, 4) is 5.75 Å². The van der Waals surface area contributed by atoms with E-state index in [1.54, 1.807) is 18.4 Å². The number of hydrogen-bond donors (Lipinski definition) is 1. The van der Waals surface area contributed by atoms with Gasteiger partial charge in [0.1, 0.15) is 10.8 Å². The van der Waals surface area contributed by atoms with Crippen LogP contribution in [0.25, 0.3) is 11.0 Å². The van der Waals surface area contributed by atoms with Crippen molar-refractivity contribution in [2.24, 2.45) is 0 Å². The van der Waals surface area contributed by atoms with Gasteiger partial charge in [0.2, 0.25) is 0 Å². The van der Waals surface area contributed by atoms with Crippen LogP contribution in [0.15, 0.2) is 34.9 Å². The molecule has 0 spiro atoms. The fourth-order valence-electron chi connectivity index (χ4n) is 2.22. The molecule has 0 fully saturated rings. The van der Waals surface area contributed by atoms with Gasteiger partial charge in [0.25, 0.3) is 0 Å². The van der Waals surface area contributed by atoms with Crippen molar-refractivity contribution in [1.29, 1.82) is 0 Å². The summed E-state index contributed by atoms with van der Waals surface area (Å²) in [6, 6.07) is 7.95. The van der Waals surface area contributed by atoms with Gasteiger partial charge in [-0.3, -0.25) is 0 Å². The van der Waals surface area contributed by atoms with E-state index in [-0.39, 0.29) is 0 Å². The molecular formula is C16H18N2O2S. The fourth-order valence-corrected chi connectivity index (χ4v) is 3.06. The Balaban J connectivity index is 1.65. The van der Waals surface area contributed by atoms with Crippen LogP contribution in [0.4, 0.5) is 0 Å². The highest BCUT2D eigenvalue weighted by Gasteiger charge is 2.08. The summed E-state index contributed by atoms with van der Waals surface area (Å²) in [5, 5.41) is 5.54. The summed E-state index contributed by atoms with van der Waals surface area (Å²) in [6.07, 6.45) is 2.99. The van der Waals surface area contributed by atoms with Crippen molar-refractivity contribution in [3.63, 3.8) is 0 Å². The van der Waals surface area contributed by atoms with Crippen molar-refractivity contribution >= 4 is 22.3 Å². The third-order valence-corrected chi connectivity index (χ3v) is 4.45. The van der Waals surface area contributed by atoms with Crippen LogP contribution >= 0.6 is 11.3 Å². The number of ether oxygens (including phenoxy) is 1. The number of fused-ring (bicyclic) bond motifs is 1. The van der Waals surface area contributed by atoms with Gasteiger partial charge in [-0.1, -0.05) is 19.1 Å². The van der Waals surface area contributed by atoms with Gasteiger partial charge >= 0.3 is 0 Å². The zero-order chi connectivity index (χ0) is 14.7. The van der Waals surface area contributed by atoms with E-state index in [9.17, 15) is 0 Å². The molecule has 0 aliphatic heterocycles. The minimum atomic E-state index is 0.679. The lowest BCUT2D eigenvalue weighted by Crippen LogP contribution is -2.11. The number of methoxy groups -OCH3 is 1. The normalized spacial score (nSPS) is 11.1. The summed E-state index contributed by atoms with van der Waals surface area (Å²) in [5.74, 6) is 1.67. The molecule has 21 heavy (non-hydrogen) atoms. The number of rotatable bonds is 6. The van der Waals surface area contributed by atoms with Gasteiger partial charge in [0.15, 0.2) is 11.3 Å². The first-order valence-corrected chi connectivity index (χ1v) is 7.81. The standard InChI is InChI=1S/C16H18N2O2S/c1-3-13-9-18-15(21-13)10-17-8-12-7-11-5-4-6-14(19-2)16(11)20-12/h4-7,9,17H,3,8,10H2,1-2H3. The highest BCUT2D eigenvalue weighted by atomic mass is 32.1. The molecule has 0 bridgehead atoms. The van der Waals surface area contributed by atoms with Crippen molar-refractivity contribution in [1.82, 2.24) is 10.3 Å². The maximum Gasteiger partial charge on any atom is 0.176 e. The molecular weight excluding hydrogens is 284 g/mol. The van der Waals surface area contributed by atoms with E-state index in [0.717, 1.165) is 40.5 Å². The van der Waals surface area contributed by atoms with Gasteiger partial charge in [0, 0.05) is 23.0 Å².